The van der Waals surface area contributed by atoms with Gasteiger partial charge in [0, 0.05) is 43.6 Å². The summed E-state index contributed by atoms with van der Waals surface area (Å²) in [6.45, 7) is 8.54. The van der Waals surface area contributed by atoms with Crippen molar-refractivity contribution in [3.8, 4) is 0 Å². The maximum Gasteiger partial charge on any atom is 0.125 e. The molecule has 2 rings (SSSR count). The first-order valence-electron chi connectivity index (χ1n) is 6.99. The highest BCUT2D eigenvalue weighted by Gasteiger charge is 2.38. The van der Waals surface area contributed by atoms with Crippen LogP contribution in [0.5, 0.6) is 0 Å². The van der Waals surface area contributed by atoms with Gasteiger partial charge in [0.1, 0.15) is 10.6 Å². The zero-order valence-electron chi connectivity index (χ0n) is 12.3. The Bertz CT molecular complexity index is 408. The minimum atomic E-state index is -0.228. The van der Waals surface area contributed by atoms with Crippen LogP contribution in [0.4, 0.5) is 0 Å². The molecule has 1 N–H and O–H groups in total. The van der Waals surface area contributed by atoms with Crippen molar-refractivity contribution in [2.45, 2.75) is 45.3 Å². The van der Waals surface area contributed by atoms with E-state index in [4.69, 9.17) is 14.5 Å². The molecule has 4 nitrogen and oxygen atoms in total. The third-order valence-electron chi connectivity index (χ3n) is 3.77. The van der Waals surface area contributed by atoms with E-state index in [0.29, 0.717) is 6.04 Å². The van der Waals surface area contributed by atoms with Crippen molar-refractivity contribution in [1.82, 2.24) is 10.3 Å². The van der Waals surface area contributed by atoms with Crippen molar-refractivity contribution in [1.29, 1.82) is 0 Å². The van der Waals surface area contributed by atoms with E-state index in [0.717, 1.165) is 43.4 Å². The lowest BCUT2D eigenvalue weighted by Gasteiger charge is -2.35. The number of rotatable bonds is 5. The van der Waals surface area contributed by atoms with Crippen LogP contribution in [0.25, 0.3) is 0 Å². The fourth-order valence-electron chi connectivity index (χ4n) is 2.53. The van der Waals surface area contributed by atoms with Crippen molar-refractivity contribution < 1.29 is 9.47 Å². The van der Waals surface area contributed by atoms with Crippen LogP contribution in [0.15, 0.2) is 0 Å². The molecule has 19 heavy (non-hydrogen) atoms. The standard InChI is InChI=1S/C14H24N2O2S/c1-5-18-14(6-8-17-9-7-14)13-16-11(3)12(19-13)10(2)15-4/h10,15H,5-9H2,1-4H3. The van der Waals surface area contributed by atoms with E-state index < -0.39 is 0 Å². The lowest BCUT2D eigenvalue weighted by atomic mass is 9.95. The summed E-state index contributed by atoms with van der Waals surface area (Å²) >= 11 is 1.78. The highest BCUT2D eigenvalue weighted by Crippen LogP contribution is 2.40. The molecular weight excluding hydrogens is 260 g/mol. The van der Waals surface area contributed by atoms with E-state index in [1.54, 1.807) is 11.3 Å². The number of nitrogens with zero attached hydrogens (tertiary/aromatic N) is 1. The van der Waals surface area contributed by atoms with Gasteiger partial charge in [-0.3, -0.25) is 0 Å². The monoisotopic (exact) mass is 284 g/mol. The summed E-state index contributed by atoms with van der Waals surface area (Å²) in [5.41, 5.74) is 0.890. The minimum Gasteiger partial charge on any atom is -0.381 e. The summed E-state index contributed by atoms with van der Waals surface area (Å²) < 4.78 is 11.6. The highest BCUT2D eigenvalue weighted by molar-refractivity contribution is 7.12. The topological polar surface area (TPSA) is 43.4 Å². The smallest absolute Gasteiger partial charge is 0.125 e. The van der Waals surface area contributed by atoms with Gasteiger partial charge in [-0.1, -0.05) is 0 Å². The van der Waals surface area contributed by atoms with Crippen molar-refractivity contribution in [2.75, 3.05) is 26.9 Å². The van der Waals surface area contributed by atoms with Gasteiger partial charge in [-0.2, -0.15) is 0 Å². The van der Waals surface area contributed by atoms with Crippen molar-refractivity contribution >= 4 is 11.3 Å². The first kappa shape index (κ1) is 14.9. The molecule has 0 radical (unpaired) electrons. The van der Waals surface area contributed by atoms with Gasteiger partial charge in [-0.05, 0) is 27.8 Å². The summed E-state index contributed by atoms with van der Waals surface area (Å²) in [6.07, 6.45) is 1.81. The fraction of sp³-hybridized carbons (Fsp3) is 0.786. The second-order valence-electron chi connectivity index (χ2n) is 5.02. The predicted octanol–water partition coefficient (Wildman–Crippen LogP) is 2.77. The summed E-state index contributed by atoms with van der Waals surface area (Å²) in [7, 11) is 1.98. The summed E-state index contributed by atoms with van der Waals surface area (Å²) in [6, 6.07) is 0.338. The molecule has 108 valence electrons. The molecule has 1 fully saturated rings. The van der Waals surface area contributed by atoms with Gasteiger partial charge in [-0.25, -0.2) is 4.98 Å². The molecule has 0 saturated carbocycles. The average Bonchev–Trinajstić information content (AvgIpc) is 2.82. The molecule has 0 amide bonds. The van der Waals surface area contributed by atoms with E-state index in [2.05, 4.69) is 26.1 Å². The first-order chi connectivity index (χ1) is 9.13. The number of nitrogens with one attached hydrogen (secondary N) is 1. The summed E-state index contributed by atoms with van der Waals surface area (Å²) in [4.78, 5) is 6.10. The summed E-state index contributed by atoms with van der Waals surface area (Å²) in [5.74, 6) is 0. The van der Waals surface area contributed by atoms with Crippen molar-refractivity contribution in [3.63, 3.8) is 0 Å². The molecule has 1 unspecified atom stereocenters. The Morgan fingerprint density at radius 1 is 1.47 bits per heavy atom. The van der Waals surface area contributed by atoms with Crippen molar-refractivity contribution in [3.05, 3.63) is 15.6 Å². The Labute approximate surface area is 119 Å². The molecule has 0 bridgehead atoms. The van der Waals surface area contributed by atoms with Crippen LogP contribution >= 0.6 is 11.3 Å². The van der Waals surface area contributed by atoms with Crippen LogP contribution in [0.2, 0.25) is 0 Å². The third kappa shape index (κ3) is 2.99. The minimum absolute atomic E-state index is 0.228. The Morgan fingerprint density at radius 3 is 2.74 bits per heavy atom. The quantitative estimate of drug-likeness (QED) is 0.903. The number of thiazole rings is 1. The van der Waals surface area contributed by atoms with E-state index in [1.165, 1.54) is 4.88 Å². The van der Waals surface area contributed by atoms with Gasteiger partial charge in [0.25, 0.3) is 0 Å². The lowest BCUT2D eigenvalue weighted by molar-refractivity contribution is -0.112. The van der Waals surface area contributed by atoms with Gasteiger partial charge in [0.15, 0.2) is 0 Å². The molecule has 1 aromatic rings. The van der Waals surface area contributed by atoms with Crippen LogP contribution in [0, 0.1) is 6.92 Å². The molecule has 0 aliphatic carbocycles. The van der Waals surface area contributed by atoms with Gasteiger partial charge in [0.2, 0.25) is 0 Å². The number of aryl methyl sites for hydroxylation is 1. The second kappa shape index (κ2) is 6.31. The average molecular weight is 284 g/mol. The predicted molar refractivity (Wildman–Crippen MR) is 77.7 cm³/mol. The zero-order valence-corrected chi connectivity index (χ0v) is 13.1. The molecule has 0 aromatic carbocycles. The van der Waals surface area contributed by atoms with Crippen LogP contribution in [0.1, 0.15) is 48.3 Å². The molecule has 2 heterocycles. The SMILES string of the molecule is CCOC1(c2nc(C)c(C(C)NC)s2)CCOCC1. The molecule has 1 atom stereocenters. The summed E-state index contributed by atoms with van der Waals surface area (Å²) in [5, 5.41) is 4.41. The van der Waals surface area contributed by atoms with E-state index in [9.17, 15) is 0 Å². The fourth-order valence-corrected chi connectivity index (χ4v) is 3.86. The van der Waals surface area contributed by atoms with E-state index in [-0.39, 0.29) is 5.60 Å². The van der Waals surface area contributed by atoms with Gasteiger partial charge < -0.3 is 14.8 Å². The molecule has 0 spiro atoms. The molecule has 5 heteroatoms. The first-order valence-corrected chi connectivity index (χ1v) is 7.81. The van der Waals surface area contributed by atoms with Gasteiger partial charge in [0.05, 0.1) is 5.69 Å². The Morgan fingerprint density at radius 2 is 2.16 bits per heavy atom. The van der Waals surface area contributed by atoms with Crippen LogP contribution in [0.3, 0.4) is 0 Å². The normalized spacial score (nSPS) is 20.4. The Hall–Kier alpha value is -0.490. The van der Waals surface area contributed by atoms with Gasteiger partial charge in [-0.15, -0.1) is 11.3 Å². The Balaban J connectivity index is 2.31. The Kier molecular flexibility index (Phi) is 4.95. The van der Waals surface area contributed by atoms with Crippen LogP contribution < -0.4 is 5.32 Å². The zero-order chi connectivity index (χ0) is 13.9. The maximum atomic E-state index is 6.09. The molecular formula is C14H24N2O2S. The molecule has 1 aliphatic rings. The van der Waals surface area contributed by atoms with Crippen molar-refractivity contribution in [2.24, 2.45) is 0 Å². The number of aromatic nitrogens is 1. The third-order valence-corrected chi connectivity index (χ3v) is 5.30. The van der Waals surface area contributed by atoms with Crippen LogP contribution in [-0.2, 0) is 15.1 Å². The largest absolute Gasteiger partial charge is 0.381 e. The van der Waals surface area contributed by atoms with E-state index in [1.807, 2.05) is 7.05 Å². The maximum absolute atomic E-state index is 6.09. The number of hydrogen-bond donors (Lipinski definition) is 1. The molecule has 1 aliphatic heterocycles. The number of ether oxygens (including phenoxy) is 2. The molecule has 1 aromatic heterocycles. The van der Waals surface area contributed by atoms with Gasteiger partial charge >= 0.3 is 0 Å². The number of hydrogen-bond acceptors (Lipinski definition) is 5. The van der Waals surface area contributed by atoms with E-state index >= 15 is 0 Å². The highest BCUT2D eigenvalue weighted by atomic mass is 32.1. The molecule has 1 saturated heterocycles. The second-order valence-corrected chi connectivity index (χ2v) is 6.05. The lowest BCUT2D eigenvalue weighted by Crippen LogP contribution is -2.36. The van der Waals surface area contributed by atoms with Crippen LogP contribution in [-0.4, -0.2) is 31.9 Å².